The van der Waals surface area contributed by atoms with E-state index < -0.39 is 11.5 Å². The van der Waals surface area contributed by atoms with Crippen molar-refractivity contribution in [3.63, 3.8) is 0 Å². The molecule has 0 aliphatic carbocycles. The van der Waals surface area contributed by atoms with Gasteiger partial charge in [-0.3, -0.25) is 4.79 Å². The molecule has 0 fully saturated rings. The van der Waals surface area contributed by atoms with E-state index >= 15 is 0 Å². The standard InChI is InChI=1S/C7H13FO/c1-5(2)7(4,8)6(3)9/h5H,1-4H3. The molecule has 0 rings (SSSR count). The number of carbonyl (C=O) groups is 1. The molecule has 0 heterocycles. The smallest absolute Gasteiger partial charge is 0.167 e. The summed E-state index contributed by atoms with van der Waals surface area (Å²) < 4.78 is 13.0. The Labute approximate surface area is 55.3 Å². The van der Waals surface area contributed by atoms with Gasteiger partial charge in [-0.1, -0.05) is 13.8 Å². The van der Waals surface area contributed by atoms with Crippen LogP contribution in [-0.2, 0) is 4.79 Å². The van der Waals surface area contributed by atoms with Crippen molar-refractivity contribution >= 4 is 5.78 Å². The third kappa shape index (κ3) is 1.77. The zero-order chi connectivity index (χ0) is 7.65. The van der Waals surface area contributed by atoms with Gasteiger partial charge in [0.2, 0.25) is 0 Å². The van der Waals surface area contributed by atoms with Gasteiger partial charge in [-0.2, -0.15) is 0 Å². The highest BCUT2D eigenvalue weighted by Gasteiger charge is 2.32. The molecule has 0 aliphatic rings. The zero-order valence-corrected chi connectivity index (χ0v) is 6.36. The molecule has 1 unspecified atom stereocenters. The summed E-state index contributed by atoms with van der Waals surface area (Å²) in [5, 5.41) is 0. The molecule has 54 valence electrons. The quantitative estimate of drug-likeness (QED) is 0.561. The van der Waals surface area contributed by atoms with Crippen LogP contribution in [0.15, 0.2) is 0 Å². The van der Waals surface area contributed by atoms with Crippen LogP contribution in [0.1, 0.15) is 27.7 Å². The van der Waals surface area contributed by atoms with E-state index in [0.29, 0.717) is 0 Å². The topological polar surface area (TPSA) is 17.1 Å². The van der Waals surface area contributed by atoms with Crippen molar-refractivity contribution in [3.05, 3.63) is 0 Å². The summed E-state index contributed by atoms with van der Waals surface area (Å²) in [5.74, 6) is -0.618. The maximum Gasteiger partial charge on any atom is 0.167 e. The van der Waals surface area contributed by atoms with E-state index in [9.17, 15) is 9.18 Å². The summed E-state index contributed by atoms with van der Waals surface area (Å²) in [6.07, 6.45) is 0. The molecule has 0 saturated heterocycles. The predicted octanol–water partition coefficient (Wildman–Crippen LogP) is 1.96. The van der Waals surface area contributed by atoms with Gasteiger partial charge in [0.1, 0.15) is 0 Å². The van der Waals surface area contributed by atoms with Crippen molar-refractivity contribution in [1.82, 2.24) is 0 Å². The lowest BCUT2D eigenvalue weighted by Gasteiger charge is -2.20. The van der Waals surface area contributed by atoms with E-state index in [0.717, 1.165) is 0 Å². The van der Waals surface area contributed by atoms with Crippen LogP contribution in [0.5, 0.6) is 0 Å². The third-order valence-corrected chi connectivity index (χ3v) is 1.77. The van der Waals surface area contributed by atoms with E-state index in [1.807, 2.05) is 0 Å². The molecule has 0 amide bonds. The second kappa shape index (κ2) is 2.46. The van der Waals surface area contributed by atoms with Crippen molar-refractivity contribution in [1.29, 1.82) is 0 Å². The van der Waals surface area contributed by atoms with E-state index in [1.165, 1.54) is 13.8 Å². The molecule has 0 N–H and O–H groups in total. The van der Waals surface area contributed by atoms with Gasteiger partial charge in [0.05, 0.1) is 0 Å². The monoisotopic (exact) mass is 132 g/mol. The minimum Gasteiger partial charge on any atom is -0.296 e. The molecule has 0 aromatic carbocycles. The second-order valence-corrected chi connectivity index (χ2v) is 2.79. The van der Waals surface area contributed by atoms with Crippen molar-refractivity contribution in [3.8, 4) is 0 Å². The number of hydrogen-bond acceptors (Lipinski definition) is 1. The largest absolute Gasteiger partial charge is 0.296 e. The van der Waals surface area contributed by atoms with Crippen LogP contribution in [0.2, 0.25) is 0 Å². The number of rotatable bonds is 2. The van der Waals surface area contributed by atoms with E-state index in [1.54, 1.807) is 13.8 Å². The summed E-state index contributed by atoms with van der Waals surface area (Å²) in [5.41, 5.74) is -1.64. The number of alkyl halides is 1. The lowest BCUT2D eigenvalue weighted by molar-refractivity contribution is -0.129. The highest BCUT2D eigenvalue weighted by atomic mass is 19.1. The molecule has 0 aromatic heterocycles. The van der Waals surface area contributed by atoms with Crippen molar-refractivity contribution in [2.75, 3.05) is 0 Å². The van der Waals surface area contributed by atoms with E-state index in [-0.39, 0.29) is 5.92 Å². The average molecular weight is 132 g/mol. The number of halogens is 1. The van der Waals surface area contributed by atoms with Crippen LogP contribution >= 0.6 is 0 Å². The van der Waals surface area contributed by atoms with Crippen LogP contribution in [0, 0.1) is 5.92 Å². The maximum atomic E-state index is 13.0. The molecule has 0 saturated carbocycles. The van der Waals surface area contributed by atoms with Gasteiger partial charge in [-0.05, 0) is 19.8 Å². The Morgan fingerprint density at radius 1 is 1.56 bits per heavy atom. The Balaban J connectivity index is 4.19. The first-order valence-electron chi connectivity index (χ1n) is 3.09. The fraction of sp³-hybridized carbons (Fsp3) is 0.857. The summed E-state index contributed by atoms with van der Waals surface area (Å²) in [7, 11) is 0. The number of carbonyl (C=O) groups excluding carboxylic acids is 1. The molecule has 1 nitrogen and oxygen atoms in total. The first kappa shape index (κ1) is 8.60. The molecule has 0 radical (unpaired) electrons. The maximum absolute atomic E-state index is 13.0. The molecule has 0 aromatic rings. The SMILES string of the molecule is CC(=O)C(C)(F)C(C)C. The number of hydrogen-bond donors (Lipinski definition) is 0. The van der Waals surface area contributed by atoms with Crippen molar-refractivity contribution in [2.24, 2.45) is 5.92 Å². The van der Waals surface area contributed by atoms with Gasteiger partial charge >= 0.3 is 0 Å². The summed E-state index contributed by atoms with van der Waals surface area (Å²) in [6, 6.07) is 0. The minimum atomic E-state index is -1.64. The first-order chi connectivity index (χ1) is 3.89. The van der Waals surface area contributed by atoms with Crippen LogP contribution in [-0.4, -0.2) is 11.5 Å². The van der Waals surface area contributed by atoms with Crippen LogP contribution in [0.3, 0.4) is 0 Å². The van der Waals surface area contributed by atoms with Gasteiger partial charge in [0.15, 0.2) is 11.5 Å². The minimum absolute atomic E-state index is 0.227. The zero-order valence-electron chi connectivity index (χ0n) is 6.36. The molecule has 9 heavy (non-hydrogen) atoms. The van der Waals surface area contributed by atoms with Crippen molar-refractivity contribution < 1.29 is 9.18 Å². The average Bonchev–Trinajstić information content (AvgIpc) is 1.65. The normalized spacial score (nSPS) is 17.6. The molecular weight excluding hydrogens is 119 g/mol. The number of Topliss-reactive ketones (excluding diaryl/α,β-unsaturated/α-hetero) is 1. The van der Waals surface area contributed by atoms with Gasteiger partial charge in [0, 0.05) is 0 Å². The van der Waals surface area contributed by atoms with Gasteiger partial charge < -0.3 is 0 Å². The Kier molecular flexibility index (Phi) is 2.35. The summed E-state index contributed by atoms with van der Waals surface area (Å²) in [6.45, 7) is 5.99. The van der Waals surface area contributed by atoms with Crippen LogP contribution in [0.4, 0.5) is 4.39 Å². The Bertz CT molecular complexity index is 116. The van der Waals surface area contributed by atoms with Crippen LogP contribution in [0.25, 0.3) is 0 Å². The fourth-order valence-electron chi connectivity index (χ4n) is 0.407. The summed E-state index contributed by atoms with van der Waals surface area (Å²) >= 11 is 0. The predicted molar refractivity (Wildman–Crippen MR) is 35.0 cm³/mol. The molecule has 2 heteroatoms. The number of ketones is 1. The van der Waals surface area contributed by atoms with Gasteiger partial charge in [-0.25, -0.2) is 4.39 Å². The van der Waals surface area contributed by atoms with Gasteiger partial charge in [-0.15, -0.1) is 0 Å². The van der Waals surface area contributed by atoms with E-state index in [2.05, 4.69) is 0 Å². The fourth-order valence-corrected chi connectivity index (χ4v) is 0.407. The molecule has 0 spiro atoms. The highest BCUT2D eigenvalue weighted by molar-refractivity contribution is 5.84. The molecule has 0 aliphatic heterocycles. The Morgan fingerprint density at radius 2 is 1.89 bits per heavy atom. The Hall–Kier alpha value is -0.400. The Morgan fingerprint density at radius 3 is 1.89 bits per heavy atom. The van der Waals surface area contributed by atoms with E-state index in [4.69, 9.17) is 0 Å². The third-order valence-electron chi connectivity index (χ3n) is 1.77. The summed E-state index contributed by atoms with van der Waals surface area (Å²) in [4.78, 5) is 10.5. The first-order valence-corrected chi connectivity index (χ1v) is 3.09. The molecule has 0 bridgehead atoms. The lowest BCUT2D eigenvalue weighted by atomic mass is 9.91. The molecule has 1 atom stereocenters. The van der Waals surface area contributed by atoms with Crippen molar-refractivity contribution in [2.45, 2.75) is 33.4 Å². The molecular formula is C7H13FO. The highest BCUT2D eigenvalue weighted by Crippen LogP contribution is 2.21. The lowest BCUT2D eigenvalue weighted by Crippen LogP contribution is -2.33. The van der Waals surface area contributed by atoms with Crippen LogP contribution < -0.4 is 0 Å². The second-order valence-electron chi connectivity index (χ2n) is 2.79. The van der Waals surface area contributed by atoms with Gasteiger partial charge in [0.25, 0.3) is 0 Å².